The number of anilines is 1. The van der Waals surface area contributed by atoms with E-state index in [2.05, 4.69) is 27.4 Å². The average molecular weight is 364 g/mol. The number of benzene rings is 1. The Kier molecular flexibility index (Phi) is 5.37. The molecule has 1 aliphatic carbocycles. The SMILES string of the molecule is Cc1nc2c(c(NC3CCN(C(=O)CCc4ccccc4)C3)n1)CCCC2. The molecule has 0 saturated carbocycles. The van der Waals surface area contributed by atoms with Crippen LogP contribution in [0.2, 0.25) is 0 Å². The van der Waals surface area contributed by atoms with Gasteiger partial charge < -0.3 is 10.2 Å². The molecule has 0 spiro atoms. The van der Waals surface area contributed by atoms with Crippen LogP contribution in [-0.4, -0.2) is 39.9 Å². The molecular formula is C22H28N4O. The molecule has 1 amide bonds. The van der Waals surface area contributed by atoms with Gasteiger partial charge in [-0.2, -0.15) is 0 Å². The molecule has 2 aromatic rings. The highest BCUT2D eigenvalue weighted by Gasteiger charge is 2.27. The maximum Gasteiger partial charge on any atom is 0.222 e. The van der Waals surface area contributed by atoms with Crippen molar-refractivity contribution in [2.75, 3.05) is 18.4 Å². The minimum Gasteiger partial charge on any atom is -0.365 e. The summed E-state index contributed by atoms with van der Waals surface area (Å²) in [5.74, 6) is 2.09. The minimum atomic E-state index is 0.254. The van der Waals surface area contributed by atoms with E-state index in [0.717, 1.165) is 50.4 Å². The van der Waals surface area contributed by atoms with Crippen LogP contribution in [0.5, 0.6) is 0 Å². The summed E-state index contributed by atoms with van der Waals surface area (Å²) < 4.78 is 0. The van der Waals surface area contributed by atoms with E-state index in [4.69, 9.17) is 0 Å². The number of carbonyl (C=O) groups excluding carboxylic acids is 1. The summed E-state index contributed by atoms with van der Waals surface area (Å²) >= 11 is 0. The van der Waals surface area contributed by atoms with Crippen molar-refractivity contribution >= 4 is 11.7 Å². The Balaban J connectivity index is 1.35. The third-order valence-electron chi connectivity index (χ3n) is 5.65. The van der Waals surface area contributed by atoms with Crippen molar-refractivity contribution in [1.82, 2.24) is 14.9 Å². The van der Waals surface area contributed by atoms with Gasteiger partial charge in [-0.1, -0.05) is 30.3 Å². The van der Waals surface area contributed by atoms with Crippen molar-refractivity contribution in [3.05, 3.63) is 53.0 Å². The second-order valence-corrected chi connectivity index (χ2v) is 7.71. The second-order valence-electron chi connectivity index (χ2n) is 7.71. The molecule has 1 fully saturated rings. The Bertz CT molecular complexity index is 805. The normalized spacial score (nSPS) is 19.0. The molecule has 0 radical (unpaired) electrons. The Labute approximate surface area is 161 Å². The van der Waals surface area contributed by atoms with Gasteiger partial charge in [-0.05, 0) is 51.0 Å². The number of fused-ring (bicyclic) bond motifs is 1. The zero-order valence-electron chi connectivity index (χ0n) is 16.1. The first-order valence-corrected chi connectivity index (χ1v) is 10.1. The third kappa shape index (κ3) is 4.29. The summed E-state index contributed by atoms with van der Waals surface area (Å²) in [5.41, 5.74) is 3.73. The van der Waals surface area contributed by atoms with Crippen LogP contribution in [0.1, 0.15) is 48.3 Å². The van der Waals surface area contributed by atoms with E-state index in [1.807, 2.05) is 30.0 Å². The van der Waals surface area contributed by atoms with Crippen molar-refractivity contribution in [2.24, 2.45) is 0 Å². The van der Waals surface area contributed by atoms with E-state index < -0.39 is 0 Å². The number of carbonyl (C=O) groups is 1. The van der Waals surface area contributed by atoms with Gasteiger partial charge in [-0.25, -0.2) is 9.97 Å². The number of nitrogens with one attached hydrogen (secondary N) is 1. The smallest absolute Gasteiger partial charge is 0.222 e. The van der Waals surface area contributed by atoms with Gasteiger partial charge in [0.2, 0.25) is 5.91 Å². The summed E-state index contributed by atoms with van der Waals surface area (Å²) in [5, 5.41) is 3.62. The molecule has 5 heteroatoms. The molecule has 2 aliphatic rings. The first-order valence-electron chi connectivity index (χ1n) is 10.1. The van der Waals surface area contributed by atoms with Crippen LogP contribution in [0.4, 0.5) is 5.82 Å². The minimum absolute atomic E-state index is 0.254. The highest BCUT2D eigenvalue weighted by Crippen LogP contribution is 2.27. The van der Waals surface area contributed by atoms with Gasteiger partial charge in [0.05, 0.1) is 0 Å². The zero-order chi connectivity index (χ0) is 18.6. The van der Waals surface area contributed by atoms with Gasteiger partial charge in [0, 0.05) is 36.8 Å². The molecule has 1 atom stereocenters. The molecule has 5 nitrogen and oxygen atoms in total. The highest BCUT2D eigenvalue weighted by molar-refractivity contribution is 5.77. The Morgan fingerprint density at radius 1 is 1.19 bits per heavy atom. The summed E-state index contributed by atoms with van der Waals surface area (Å²) in [7, 11) is 0. The summed E-state index contributed by atoms with van der Waals surface area (Å²) in [6, 6.07) is 10.5. The Hall–Kier alpha value is -2.43. The van der Waals surface area contributed by atoms with Crippen LogP contribution >= 0.6 is 0 Å². The van der Waals surface area contributed by atoms with E-state index in [9.17, 15) is 4.79 Å². The molecule has 1 aromatic carbocycles. The van der Waals surface area contributed by atoms with Gasteiger partial charge in [-0.3, -0.25) is 4.79 Å². The first-order chi connectivity index (χ1) is 13.2. The van der Waals surface area contributed by atoms with Crippen LogP contribution < -0.4 is 5.32 Å². The predicted molar refractivity (Wildman–Crippen MR) is 107 cm³/mol. The molecular weight excluding hydrogens is 336 g/mol. The number of aryl methyl sites for hydroxylation is 3. The largest absolute Gasteiger partial charge is 0.365 e. The van der Waals surface area contributed by atoms with Crippen molar-refractivity contribution < 1.29 is 4.79 Å². The number of hydrogen-bond acceptors (Lipinski definition) is 4. The van der Waals surface area contributed by atoms with Crippen LogP contribution in [0, 0.1) is 6.92 Å². The Morgan fingerprint density at radius 3 is 2.85 bits per heavy atom. The van der Waals surface area contributed by atoms with Gasteiger partial charge in [-0.15, -0.1) is 0 Å². The number of nitrogens with zero attached hydrogens (tertiary/aromatic N) is 3. The monoisotopic (exact) mass is 364 g/mol. The summed E-state index contributed by atoms with van der Waals surface area (Å²) in [4.78, 5) is 23.9. The fourth-order valence-corrected chi connectivity index (χ4v) is 4.19. The number of aromatic nitrogens is 2. The lowest BCUT2D eigenvalue weighted by Crippen LogP contribution is -2.32. The van der Waals surface area contributed by atoms with Crippen molar-refractivity contribution in [2.45, 2.75) is 57.9 Å². The van der Waals surface area contributed by atoms with Gasteiger partial charge in [0.15, 0.2) is 0 Å². The van der Waals surface area contributed by atoms with Crippen LogP contribution in [0.15, 0.2) is 30.3 Å². The zero-order valence-corrected chi connectivity index (χ0v) is 16.1. The molecule has 1 aromatic heterocycles. The fraction of sp³-hybridized carbons (Fsp3) is 0.500. The first kappa shape index (κ1) is 18.0. The molecule has 1 aliphatic heterocycles. The van der Waals surface area contributed by atoms with Gasteiger partial charge >= 0.3 is 0 Å². The van der Waals surface area contributed by atoms with Gasteiger partial charge in [0.25, 0.3) is 0 Å². The number of likely N-dealkylation sites (tertiary alicyclic amines) is 1. The number of hydrogen-bond donors (Lipinski definition) is 1. The van der Waals surface area contributed by atoms with E-state index in [-0.39, 0.29) is 11.9 Å². The molecule has 142 valence electrons. The maximum atomic E-state index is 12.6. The average Bonchev–Trinajstić information content (AvgIpc) is 3.15. The third-order valence-corrected chi connectivity index (χ3v) is 5.65. The molecule has 27 heavy (non-hydrogen) atoms. The number of rotatable bonds is 5. The van der Waals surface area contributed by atoms with Crippen molar-refractivity contribution in [3.8, 4) is 0 Å². The van der Waals surface area contributed by atoms with Crippen LogP contribution in [0.3, 0.4) is 0 Å². The summed E-state index contributed by atoms with van der Waals surface area (Å²) in [6.45, 7) is 3.57. The highest BCUT2D eigenvalue weighted by atomic mass is 16.2. The van der Waals surface area contributed by atoms with E-state index >= 15 is 0 Å². The molecule has 0 bridgehead atoms. The topological polar surface area (TPSA) is 58.1 Å². The molecule has 2 heterocycles. The maximum absolute atomic E-state index is 12.6. The lowest BCUT2D eigenvalue weighted by Gasteiger charge is -2.22. The number of amides is 1. The van der Waals surface area contributed by atoms with E-state index in [1.54, 1.807) is 0 Å². The lowest BCUT2D eigenvalue weighted by molar-refractivity contribution is -0.130. The van der Waals surface area contributed by atoms with E-state index in [0.29, 0.717) is 6.42 Å². The van der Waals surface area contributed by atoms with Crippen LogP contribution in [0.25, 0.3) is 0 Å². The fourth-order valence-electron chi connectivity index (χ4n) is 4.19. The van der Waals surface area contributed by atoms with Crippen LogP contribution in [-0.2, 0) is 24.1 Å². The lowest BCUT2D eigenvalue weighted by atomic mass is 9.96. The molecule has 4 rings (SSSR count). The van der Waals surface area contributed by atoms with E-state index in [1.165, 1.54) is 29.7 Å². The van der Waals surface area contributed by atoms with Crippen molar-refractivity contribution in [3.63, 3.8) is 0 Å². The van der Waals surface area contributed by atoms with Gasteiger partial charge in [0.1, 0.15) is 11.6 Å². The standard InChI is InChI=1S/C22H28N4O/c1-16-23-20-10-6-5-9-19(20)22(24-16)25-18-13-14-26(15-18)21(27)12-11-17-7-3-2-4-8-17/h2-4,7-8,18H,5-6,9-15H2,1H3,(H,23,24,25). The second kappa shape index (κ2) is 8.07. The summed E-state index contributed by atoms with van der Waals surface area (Å²) in [6.07, 6.45) is 6.92. The quantitative estimate of drug-likeness (QED) is 0.884. The van der Waals surface area contributed by atoms with Crippen molar-refractivity contribution in [1.29, 1.82) is 0 Å². The molecule has 1 N–H and O–H groups in total. The Morgan fingerprint density at radius 2 is 2.00 bits per heavy atom. The molecule has 1 saturated heterocycles. The molecule has 1 unspecified atom stereocenters. The predicted octanol–water partition coefficient (Wildman–Crippen LogP) is 3.31.